The predicted molar refractivity (Wildman–Crippen MR) is 60.4 cm³/mol. The fourth-order valence-electron chi connectivity index (χ4n) is 1.98. The minimum absolute atomic E-state index is 0.0142. The van der Waals surface area contributed by atoms with E-state index in [-0.39, 0.29) is 5.75 Å². The summed E-state index contributed by atoms with van der Waals surface area (Å²) in [7, 11) is 0. The summed E-state index contributed by atoms with van der Waals surface area (Å²) >= 11 is 3.17. The minimum Gasteiger partial charge on any atom is -0.506 e. The van der Waals surface area contributed by atoms with Gasteiger partial charge in [-0.25, -0.2) is 4.79 Å². The van der Waals surface area contributed by atoms with E-state index >= 15 is 0 Å². The minimum atomic E-state index is -1.47. The molecule has 0 radical (unpaired) electrons. The monoisotopic (exact) mass is 286 g/mol. The van der Waals surface area contributed by atoms with Crippen LogP contribution in [-0.2, 0) is 10.2 Å². The van der Waals surface area contributed by atoms with E-state index in [0.29, 0.717) is 22.9 Å². The maximum atomic E-state index is 10.8. The highest BCUT2D eigenvalue weighted by Crippen LogP contribution is 2.54. The number of carboxylic acids is 1. The standard InChI is InChI=1S/C11H11BrO4/c12-7-3-1-2-6(8(7)13)11(4-5-11)9(14)10(15)16/h1-3,9,13-14H,4-5H2,(H,15,16). The number of phenols is 1. The molecule has 0 amide bonds. The summed E-state index contributed by atoms with van der Waals surface area (Å²) in [6, 6.07) is 5.04. The Morgan fingerprint density at radius 1 is 1.44 bits per heavy atom. The molecule has 0 spiro atoms. The number of benzene rings is 1. The van der Waals surface area contributed by atoms with E-state index in [0.717, 1.165) is 0 Å². The van der Waals surface area contributed by atoms with Crippen molar-refractivity contribution in [3.05, 3.63) is 28.2 Å². The molecule has 0 aliphatic heterocycles. The first-order chi connectivity index (χ1) is 7.49. The zero-order chi connectivity index (χ0) is 11.9. The van der Waals surface area contributed by atoms with Gasteiger partial charge in [-0.3, -0.25) is 0 Å². The van der Waals surface area contributed by atoms with E-state index in [1.165, 1.54) is 0 Å². The lowest BCUT2D eigenvalue weighted by Gasteiger charge is -2.20. The second kappa shape index (κ2) is 3.75. The number of phenolic OH excluding ortho intramolecular Hbond substituents is 1. The summed E-state index contributed by atoms with van der Waals surface area (Å²) in [5.74, 6) is -1.24. The van der Waals surface area contributed by atoms with Crippen LogP contribution >= 0.6 is 15.9 Å². The molecule has 16 heavy (non-hydrogen) atoms. The average Bonchev–Trinajstić information content (AvgIpc) is 3.02. The van der Waals surface area contributed by atoms with Gasteiger partial charge in [-0.1, -0.05) is 12.1 Å². The topological polar surface area (TPSA) is 77.8 Å². The zero-order valence-electron chi connectivity index (χ0n) is 8.35. The van der Waals surface area contributed by atoms with E-state index < -0.39 is 17.5 Å². The number of aromatic hydroxyl groups is 1. The summed E-state index contributed by atoms with van der Waals surface area (Å²) in [6.45, 7) is 0. The lowest BCUT2D eigenvalue weighted by atomic mass is 9.89. The molecule has 0 aromatic heterocycles. The van der Waals surface area contributed by atoms with Crippen molar-refractivity contribution in [3.8, 4) is 5.75 Å². The molecule has 0 heterocycles. The van der Waals surface area contributed by atoms with E-state index in [9.17, 15) is 15.0 Å². The van der Waals surface area contributed by atoms with Crippen molar-refractivity contribution in [2.75, 3.05) is 0 Å². The van der Waals surface area contributed by atoms with Crippen LogP contribution in [0.15, 0.2) is 22.7 Å². The Morgan fingerprint density at radius 2 is 2.06 bits per heavy atom. The van der Waals surface area contributed by atoms with Gasteiger partial charge in [0.2, 0.25) is 0 Å². The third-order valence-corrected chi connectivity index (χ3v) is 3.71. The first kappa shape index (κ1) is 11.4. The Kier molecular flexibility index (Phi) is 2.67. The smallest absolute Gasteiger partial charge is 0.333 e. The van der Waals surface area contributed by atoms with Crippen molar-refractivity contribution < 1.29 is 20.1 Å². The molecule has 0 bridgehead atoms. The molecule has 1 aliphatic rings. The highest BCUT2D eigenvalue weighted by Gasteiger charge is 2.54. The van der Waals surface area contributed by atoms with Crippen LogP contribution in [0.25, 0.3) is 0 Å². The Labute approximate surface area is 101 Å². The highest BCUT2D eigenvalue weighted by molar-refractivity contribution is 9.10. The van der Waals surface area contributed by atoms with Crippen LogP contribution in [0.4, 0.5) is 0 Å². The summed E-state index contributed by atoms with van der Waals surface area (Å²) in [6.07, 6.45) is -0.317. The number of aliphatic carboxylic acids is 1. The van der Waals surface area contributed by atoms with Gasteiger partial charge in [0.15, 0.2) is 6.10 Å². The fourth-order valence-corrected chi connectivity index (χ4v) is 2.34. The number of hydrogen-bond acceptors (Lipinski definition) is 3. The summed E-state index contributed by atoms with van der Waals surface area (Å²) in [5.41, 5.74) is -0.323. The molecule has 0 saturated heterocycles. The molecule has 1 fully saturated rings. The molecule has 1 atom stereocenters. The molecular formula is C11H11BrO4. The van der Waals surface area contributed by atoms with Crippen molar-refractivity contribution in [1.82, 2.24) is 0 Å². The van der Waals surface area contributed by atoms with Gasteiger partial charge in [-0.2, -0.15) is 0 Å². The van der Waals surface area contributed by atoms with Gasteiger partial charge in [-0.15, -0.1) is 0 Å². The second-order valence-corrected chi connectivity index (χ2v) is 4.89. The molecule has 3 N–H and O–H groups in total. The summed E-state index contributed by atoms with van der Waals surface area (Å²) < 4.78 is 0.508. The third-order valence-electron chi connectivity index (χ3n) is 3.07. The van der Waals surface area contributed by atoms with Crippen LogP contribution < -0.4 is 0 Å². The predicted octanol–water partition coefficient (Wildman–Crippen LogP) is 1.63. The molecule has 86 valence electrons. The summed E-state index contributed by atoms with van der Waals surface area (Å²) in [5, 5.41) is 28.3. The molecule has 1 unspecified atom stereocenters. The van der Waals surface area contributed by atoms with Crippen LogP contribution in [0.2, 0.25) is 0 Å². The largest absolute Gasteiger partial charge is 0.506 e. The number of aliphatic hydroxyl groups is 1. The first-order valence-corrected chi connectivity index (χ1v) is 5.67. The zero-order valence-corrected chi connectivity index (χ0v) is 9.94. The molecule has 1 saturated carbocycles. The SMILES string of the molecule is O=C(O)C(O)C1(c2cccc(Br)c2O)CC1. The lowest BCUT2D eigenvalue weighted by Crippen LogP contribution is -2.33. The Balaban J connectivity index is 2.45. The van der Waals surface area contributed by atoms with Crippen LogP contribution in [-0.4, -0.2) is 27.4 Å². The quantitative estimate of drug-likeness (QED) is 0.789. The summed E-state index contributed by atoms with van der Waals surface area (Å²) in [4.78, 5) is 10.8. The molecule has 1 aromatic carbocycles. The number of aliphatic hydroxyl groups excluding tert-OH is 1. The molecule has 5 heteroatoms. The van der Waals surface area contributed by atoms with Crippen LogP contribution in [0.3, 0.4) is 0 Å². The molecule has 1 aromatic rings. The van der Waals surface area contributed by atoms with Crippen molar-refractivity contribution in [2.24, 2.45) is 0 Å². The van der Waals surface area contributed by atoms with Gasteiger partial charge < -0.3 is 15.3 Å². The van der Waals surface area contributed by atoms with E-state index in [1.807, 2.05) is 0 Å². The van der Waals surface area contributed by atoms with E-state index in [4.69, 9.17) is 5.11 Å². The maximum absolute atomic E-state index is 10.8. The van der Waals surface area contributed by atoms with Gasteiger partial charge in [0.25, 0.3) is 0 Å². The maximum Gasteiger partial charge on any atom is 0.333 e. The number of para-hydroxylation sites is 1. The van der Waals surface area contributed by atoms with Crippen molar-refractivity contribution in [3.63, 3.8) is 0 Å². The Bertz CT molecular complexity index is 440. The van der Waals surface area contributed by atoms with Gasteiger partial charge in [0.05, 0.1) is 4.47 Å². The number of carboxylic acid groups (broad SMARTS) is 1. The molecule has 2 rings (SSSR count). The number of halogens is 1. The van der Waals surface area contributed by atoms with Gasteiger partial charge >= 0.3 is 5.97 Å². The number of carbonyl (C=O) groups is 1. The van der Waals surface area contributed by atoms with Crippen LogP contribution in [0.1, 0.15) is 18.4 Å². The van der Waals surface area contributed by atoms with Crippen LogP contribution in [0.5, 0.6) is 5.75 Å². The van der Waals surface area contributed by atoms with E-state index in [1.54, 1.807) is 18.2 Å². The van der Waals surface area contributed by atoms with Gasteiger partial charge in [0, 0.05) is 11.0 Å². The lowest BCUT2D eigenvalue weighted by molar-refractivity contribution is -0.148. The van der Waals surface area contributed by atoms with Gasteiger partial charge in [-0.05, 0) is 34.8 Å². The highest BCUT2D eigenvalue weighted by atomic mass is 79.9. The number of hydrogen-bond donors (Lipinski definition) is 3. The van der Waals surface area contributed by atoms with Crippen molar-refractivity contribution >= 4 is 21.9 Å². The Morgan fingerprint density at radius 3 is 2.56 bits per heavy atom. The molecular weight excluding hydrogens is 276 g/mol. The van der Waals surface area contributed by atoms with E-state index in [2.05, 4.69) is 15.9 Å². The normalized spacial score (nSPS) is 19.1. The number of rotatable bonds is 3. The second-order valence-electron chi connectivity index (χ2n) is 4.03. The van der Waals surface area contributed by atoms with Crippen molar-refractivity contribution in [1.29, 1.82) is 0 Å². The third kappa shape index (κ3) is 1.60. The first-order valence-electron chi connectivity index (χ1n) is 4.88. The van der Waals surface area contributed by atoms with Crippen LogP contribution in [0, 0.1) is 0 Å². The molecule has 1 aliphatic carbocycles. The Hall–Kier alpha value is -1.07. The van der Waals surface area contributed by atoms with Gasteiger partial charge in [0.1, 0.15) is 5.75 Å². The average molecular weight is 287 g/mol. The fraction of sp³-hybridized carbons (Fsp3) is 0.364. The molecule has 4 nitrogen and oxygen atoms in total. The van der Waals surface area contributed by atoms with Crippen molar-refractivity contribution in [2.45, 2.75) is 24.4 Å².